The highest BCUT2D eigenvalue weighted by atomic mass is 16.2. The lowest BCUT2D eigenvalue weighted by Crippen LogP contribution is -2.65. The van der Waals surface area contributed by atoms with Crippen molar-refractivity contribution < 1.29 is 14.4 Å². The largest absolute Gasteiger partial charge is 0.369 e. The second kappa shape index (κ2) is 9.20. The average Bonchev–Trinajstić information content (AvgIpc) is 2.52. The van der Waals surface area contributed by atoms with Gasteiger partial charge in [-0.05, 0) is 24.3 Å². The fourth-order valence-electron chi connectivity index (χ4n) is 3.18. The first kappa shape index (κ1) is 20.7. The molecule has 1 aromatic carbocycles. The van der Waals surface area contributed by atoms with Crippen LogP contribution in [0.2, 0.25) is 0 Å². The normalized spacial score (nSPS) is 14.6. The number of hydrogen-bond acceptors (Lipinski definition) is 3. The third kappa shape index (κ3) is 5.59. The van der Waals surface area contributed by atoms with E-state index in [1.807, 2.05) is 51.1 Å². The molecule has 0 aliphatic rings. The van der Waals surface area contributed by atoms with Crippen molar-refractivity contribution in [2.45, 2.75) is 52.0 Å². The van der Waals surface area contributed by atoms with Crippen molar-refractivity contribution in [3.63, 3.8) is 0 Å². The highest BCUT2D eigenvalue weighted by Gasteiger charge is 2.47. The van der Waals surface area contributed by atoms with Crippen molar-refractivity contribution in [3.8, 4) is 0 Å². The maximum Gasteiger partial charge on any atom is 0.244 e. The maximum absolute atomic E-state index is 12.5. The summed E-state index contributed by atoms with van der Waals surface area (Å²) in [5, 5.41) is 2.75. The summed E-state index contributed by atoms with van der Waals surface area (Å²) in [7, 11) is 0. The monoisotopic (exact) mass is 347 g/mol. The number of nitrogens with two attached hydrogens (primary N) is 2. The first-order valence-corrected chi connectivity index (χ1v) is 8.67. The molecular weight excluding hydrogens is 318 g/mol. The number of nitrogens with one attached hydrogen (secondary N) is 1. The van der Waals surface area contributed by atoms with Crippen LogP contribution in [0, 0.1) is 11.8 Å². The lowest BCUT2D eigenvalue weighted by atomic mass is 9.74. The van der Waals surface area contributed by atoms with Crippen LogP contribution in [0.15, 0.2) is 30.3 Å². The van der Waals surface area contributed by atoms with Crippen LogP contribution in [0.3, 0.4) is 0 Å². The maximum atomic E-state index is 12.5. The van der Waals surface area contributed by atoms with Gasteiger partial charge in [0, 0.05) is 0 Å². The zero-order valence-electron chi connectivity index (χ0n) is 15.2. The topological polar surface area (TPSA) is 115 Å². The number of hydrogen-bond donors (Lipinski definition) is 3. The van der Waals surface area contributed by atoms with Crippen LogP contribution in [0.5, 0.6) is 0 Å². The van der Waals surface area contributed by atoms with Gasteiger partial charge in [0.2, 0.25) is 17.7 Å². The van der Waals surface area contributed by atoms with Gasteiger partial charge >= 0.3 is 0 Å². The standard InChI is InChI=1S/C19H29N3O3/c1-4-10-19(18(21)25,15(17(20)24)11-13(2)3)22-16(23)12-14-8-6-5-7-9-14/h5-9,13,15H,4,10-12H2,1-3H3,(H2,20,24)(H2,21,25)(H,22,23)/t15-,19?/m1/s1. The van der Waals surface area contributed by atoms with Gasteiger partial charge in [0.15, 0.2) is 0 Å². The fourth-order valence-corrected chi connectivity index (χ4v) is 3.18. The van der Waals surface area contributed by atoms with E-state index in [0.717, 1.165) is 5.56 Å². The number of benzene rings is 1. The van der Waals surface area contributed by atoms with E-state index in [9.17, 15) is 14.4 Å². The molecule has 1 rings (SSSR count). The molecule has 6 nitrogen and oxygen atoms in total. The Morgan fingerprint density at radius 3 is 2.16 bits per heavy atom. The van der Waals surface area contributed by atoms with Crippen LogP contribution in [-0.4, -0.2) is 23.3 Å². The minimum atomic E-state index is -1.46. The van der Waals surface area contributed by atoms with Crippen molar-refractivity contribution in [1.29, 1.82) is 0 Å². The molecule has 2 atom stereocenters. The molecule has 0 saturated heterocycles. The van der Waals surface area contributed by atoms with E-state index in [0.29, 0.717) is 12.8 Å². The van der Waals surface area contributed by atoms with Crippen LogP contribution < -0.4 is 16.8 Å². The summed E-state index contributed by atoms with van der Waals surface area (Å²) < 4.78 is 0. The van der Waals surface area contributed by atoms with Crippen molar-refractivity contribution in [2.75, 3.05) is 0 Å². The molecule has 0 spiro atoms. The van der Waals surface area contributed by atoms with Crippen LogP contribution in [0.25, 0.3) is 0 Å². The van der Waals surface area contributed by atoms with Gasteiger partial charge in [-0.2, -0.15) is 0 Å². The Labute approximate surface area is 149 Å². The van der Waals surface area contributed by atoms with Gasteiger partial charge in [0.25, 0.3) is 0 Å². The number of primary amides is 2. The van der Waals surface area contributed by atoms with Gasteiger partial charge in [0.05, 0.1) is 12.3 Å². The molecule has 25 heavy (non-hydrogen) atoms. The van der Waals surface area contributed by atoms with E-state index in [-0.39, 0.29) is 24.7 Å². The minimum absolute atomic E-state index is 0.104. The third-order valence-electron chi connectivity index (χ3n) is 4.30. The molecular formula is C19H29N3O3. The Hall–Kier alpha value is -2.37. The van der Waals surface area contributed by atoms with Gasteiger partial charge in [-0.15, -0.1) is 0 Å². The molecule has 0 radical (unpaired) electrons. The second-order valence-corrected chi connectivity index (χ2v) is 6.88. The first-order chi connectivity index (χ1) is 11.7. The molecule has 6 heteroatoms. The first-order valence-electron chi connectivity index (χ1n) is 8.67. The summed E-state index contributed by atoms with van der Waals surface area (Å²) in [5.74, 6) is -2.42. The summed E-state index contributed by atoms with van der Waals surface area (Å²) >= 11 is 0. The quantitative estimate of drug-likeness (QED) is 0.596. The zero-order chi connectivity index (χ0) is 19.0. The SMILES string of the molecule is CCCC(NC(=O)Cc1ccccc1)(C(N)=O)[C@H](CC(C)C)C(N)=O. The van der Waals surface area contributed by atoms with Crippen LogP contribution in [-0.2, 0) is 20.8 Å². The number of rotatable bonds is 10. The van der Waals surface area contributed by atoms with E-state index in [2.05, 4.69) is 5.32 Å². The Bertz CT molecular complexity index is 601. The Balaban J connectivity index is 3.14. The number of carbonyl (C=O) groups is 3. The average molecular weight is 347 g/mol. The van der Waals surface area contributed by atoms with Crippen molar-refractivity contribution in [1.82, 2.24) is 5.32 Å². The van der Waals surface area contributed by atoms with Gasteiger partial charge in [-0.25, -0.2) is 0 Å². The summed E-state index contributed by atoms with van der Waals surface area (Å²) in [4.78, 5) is 36.9. The molecule has 3 amide bonds. The predicted molar refractivity (Wildman–Crippen MR) is 97.3 cm³/mol. The predicted octanol–water partition coefficient (Wildman–Crippen LogP) is 1.52. The van der Waals surface area contributed by atoms with Gasteiger partial charge in [-0.3, -0.25) is 14.4 Å². The number of carbonyl (C=O) groups excluding carboxylic acids is 3. The summed E-state index contributed by atoms with van der Waals surface area (Å²) in [6.07, 6.45) is 1.33. The summed E-state index contributed by atoms with van der Waals surface area (Å²) in [6.45, 7) is 5.73. The smallest absolute Gasteiger partial charge is 0.244 e. The second-order valence-electron chi connectivity index (χ2n) is 6.88. The van der Waals surface area contributed by atoms with E-state index in [4.69, 9.17) is 11.5 Å². The molecule has 5 N–H and O–H groups in total. The molecule has 0 heterocycles. The van der Waals surface area contributed by atoms with E-state index < -0.39 is 23.3 Å². The summed E-state index contributed by atoms with van der Waals surface area (Å²) in [5.41, 5.74) is 10.6. The highest BCUT2D eigenvalue weighted by Crippen LogP contribution is 2.29. The van der Waals surface area contributed by atoms with Crippen LogP contribution >= 0.6 is 0 Å². The van der Waals surface area contributed by atoms with Crippen molar-refractivity contribution in [3.05, 3.63) is 35.9 Å². The van der Waals surface area contributed by atoms with E-state index in [1.54, 1.807) is 0 Å². The van der Waals surface area contributed by atoms with Gasteiger partial charge in [-0.1, -0.05) is 57.5 Å². The molecule has 0 saturated carbocycles. The van der Waals surface area contributed by atoms with Crippen molar-refractivity contribution in [2.24, 2.45) is 23.3 Å². The molecule has 0 aliphatic carbocycles. The van der Waals surface area contributed by atoms with Crippen LogP contribution in [0.1, 0.15) is 45.6 Å². The van der Waals surface area contributed by atoms with Gasteiger partial charge < -0.3 is 16.8 Å². The molecule has 1 unspecified atom stereocenters. The minimum Gasteiger partial charge on any atom is -0.369 e. The lowest BCUT2D eigenvalue weighted by molar-refractivity contribution is -0.139. The highest BCUT2D eigenvalue weighted by molar-refractivity contribution is 5.96. The van der Waals surface area contributed by atoms with E-state index >= 15 is 0 Å². The molecule has 138 valence electrons. The van der Waals surface area contributed by atoms with Gasteiger partial charge in [0.1, 0.15) is 5.54 Å². The molecule has 1 aromatic rings. The number of amides is 3. The molecule has 0 bridgehead atoms. The lowest BCUT2D eigenvalue weighted by Gasteiger charge is -2.38. The zero-order valence-corrected chi connectivity index (χ0v) is 15.2. The molecule has 0 fully saturated rings. The summed E-state index contributed by atoms with van der Waals surface area (Å²) in [6, 6.07) is 9.18. The van der Waals surface area contributed by atoms with Crippen molar-refractivity contribution >= 4 is 17.7 Å². The Morgan fingerprint density at radius 2 is 1.72 bits per heavy atom. The van der Waals surface area contributed by atoms with E-state index in [1.165, 1.54) is 0 Å². The Kier molecular flexibility index (Phi) is 7.61. The Morgan fingerprint density at radius 1 is 1.12 bits per heavy atom. The fraction of sp³-hybridized carbons (Fsp3) is 0.526. The third-order valence-corrected chi connectivity index (χ3v) is 4.30. The van der Waals surface area contributed by atoms with Crippen LogP contribution in [0.4, 0.5) is 0 Å². The molecule has 0 aromatic heterocycles. The molecule has 0 aliphatic heterocycles.